The predicted molar refractivity (Wildman–Crippen MR) is 58.6 cm³/mol. The van der Waals surface area contributed by atoms with E-state index < -0.39 is 0 Å². The van der Waals surface area contributed by atoms with Crippen molar-refractivity contribution in [2.75, 3.05) is 0 Å². The van der Waals surface area contributed by atoms with Crippen molar-refractivity contribution in [3.05, 3.63) is 32.7 Å². The fourth-order valence-electron chi connectivity index (χ4n) is 0.856. The molecule has 0 unspecified atom stereocenters. The van der Waals surface area contributed by atoms with E-state index in [0.29, 0.717) is 16.3 Å². The van der Waals surface area contributed by atoms with E-state index in [0.717, 1.165) is 4.47 Å². The van der Waals surface area contributed by atoms with E-state index in [-0.39, 0.29) is 5.75 Å². The first-order valence-corrected chi connectivity index (χ1v) is 5.03. The summed E-state index contributed by atoms with van der Waals surface area (Å²) in [6, 6.07) is 3.45. The SMILES string of the molecule is O=CC=Cc1cc(Br)cc(Br)c1O. The lowest BCUT2D eigenvalue weighted by Crippen LogP contribution is -1.78. The number of carbonyl (C=O) groups excluding carboxylic acids is 1. The molecule has 13 heavy (non-hydrogen) atoms. The van der Waals surface area contributed by atoms with Crippen molar-refractivity contribution in [3.8, 4) is 5.75 Å². The Morgan fingerprint density at radius 3 is 2.62 bits per heavy atom. The van der Waals surface area contributed by atoms with E-state index in [4.69, 9.17) is 0 Å². The summed E-state index contributed by atoms with van der Waals surface area (Å²) in [5.41, 5.74) is 0.591. The number of hydrogen-bond donors (Lipinski definition) is 1. The Hall–Kier alpha value is -0.610. The molecule has 0 aliphatic heterocycles. The van der Waals surface area contributed by atoms with Gasteiger partial charge in [-0.1, -0.05) is 15.9 Å². The Bertz CT molecular complexity index is 359. The van der Waals surface area contributed by atoms with Gasteiger partial charge in [0.25, 0.3) is 0 Å². The molecule has 0 saturated heterocycles. The Morgan fingerprint density at radius 1 is 1.31 bits per heavy atom. The number of carbonyl (C=O) groups is 1. The first kappa shape index (κ1) is 10.5. The second-order valence-corrected chi connectivity index (χ2v) is 4.09. The van der Waals surface area contributed by atoms with Crippen molar-refractivity contribution in [3.63, 3.8) is 0 Å². The van der Waals surface area contributed by atoms with Crippen molar-refractivity contribution in [1.82, 2.24) is 0 Å². The fourth-order valence-corrected chi connectivity index (χ4v) is 2.11. The third-order valence-corrected chi connectivity index (χ3v) is 2.47. The molecule has 0 aromatic heterocycles. The van der Waals surface area contributed by atoms with Crippen LogP contribution >= 0.6 is 31.9 Å². The van der Waals surface area contributed by atoms with E-state index in [1.54, 1.807) is 12.1 Å². The number of halogens is 2. The molecule has 0 saturated carbocycles. The lowest BCUT2D eigenvalue weighted by atomic mass is 10.2. The summed E-state index contributed by atoms with van der Waals surface area (Å²) in [5, 5.41) is 9.51. The Balaban J connectivity index is 3.19. The normalized spacial score (nSPS) is 10.6. The van der Waals surface area contributed by atoms with Crippen molar-refractivity contribution in [2.24, 2.45) is 0 Å². The average Bonchev–Trinajstić information content (AvgIpc) is 2.09. The maximum absolute atomic E-state index is 10.1. The third-order valence-electron chi connectivity index (χ3n) is 1.41. The van der Waals surface area contributed by atoms with Gasteiger partial charge in [0, 0.05) is 10.0 Å². The minimum absolute atomic E-state index is 0.126. The van der Waals surface area contributed by atoms with Gasteiger partial charge in [-0.3, -0.25) is 4.79 Å². The van der Waals surface area contributed by atoms with Gasteiger partial charge >= 0.3 is 0 Å². The van der Waals surface area contributed by atoms with E-state index >= 15 is 0 Å². The van der Waals surface area contributed by atoms with Crippen LogP contribution in [0, 0.1) is 0 Å². The molecule has 1 rings (SSSR count). The van der Waals surface area contributed by atoms with Crippen molar-refractivity contribution in [1.29, 1.82) is 0 Å². The molecule has 68 valence electrons. The van der Waals surface area contributed by atoms with Crippen LogP contribution in [0.1, 0.15) is 5.56 Å². The molecule has 0 fully saturated rings. The van der Waals surface area contributed by atoms with Crippen molar-refractivity contribution < 1.29 is 9.90 Å². The van der Waals surface area contributed by atoms with Crippen LogP contribution in [0.5, 0.6) is 5.75 Å². The first-order valence-electron chi connectivity index (χ1n) is 3.45. The number of allylic oxidation sites excluding steroid dienone is 1. The largest absolute Gasteiger partial charge is 0.506 e. The third kappa shape index (κ3) is 2.67. The van der Waals surface area contributed by atoms with Crippen LogP contribution in [-0.4, -0.2) is 11.4 Å². The Kier molecular flexibility index (Phi) is 3.69. The topological polar surface area (TPSA) is 37.3 Å². The molecule has 2 nitrogen and oxygen atoms in total. The highest BCUT2D eigenvalue weighted by Crippen LogP contribution is 2.32. The lowest BCUT2D eigenvalue weighted by Gasteiger charge is -2.02. The lowest BCUT2D eigenvalue weighted by molar-refractivity contribution is -0.104. The van der Waals surface area contributed by atoms with Gasteiger partial charge in [-0.25, -0.2) is 0 Å². The minimum atomic E-state index is 0.126. The summed E-state index contributed by atoms with van der Waals surface area (Å²) in [6.07, 6.45) is 3.53. The molecule has 4 heteroatoms. The number of benzene rings is 1. The van der Waals surface area contributed by atoms with Gasteiger partial charge in [-0.15, -0.1) is 0 Å². The van der Waals surface area contributed by atoms with Crippen molar-refractivity contribution in [2.45, 2.75) is 0 Å². The molecule has 0 aliphatic rings. The van der Waals surface area contributed by atoms with Crippen LogP contribution in [-0.2, 0) is 4.79 Å². The number of aldehydes is 1. The maximum atomic E-state index is 10.1. The molecule has 0 atom stereocenters. The van der Waals surface area contributed by atoms with Crippen LogP contribution in [0.4, 0.5) is 0 Å². The summed E-state index contributed by atoms with van der Waals surface area (Å²) in [7, 11) is 0. The predicted octanol–water partition coefficient (Wildman–Crippen LogP) is 3.13. The van der Waals surface area contributed by atoms with E-state index in [1.165, 1.54) is 12.2 Å². The van der Waals surface area contributed by atoms with Gasteiger partial charge in [0.15, 0.2) is 0 Å². The molecule has 0 amide bonds. The zero-order valence-corrected chi connectivity index (χ0v) is 9.67. The Morgan fingerprint density at radius 2 is 2.00 bits per heavy atom. The highest BCUT2D eigenvalue weighted by molar-refractivity contribution is 9.11. The molecule has 0 bridgehead atoms. The summed E-state index contributed by atoms with van der Waals surface area (Å²) in [4.78, 5) is 10.1. The molecule has 0 aliphatic carbocycles. The monoisotopic (exact) mass is 304 g/mol. The van der Waals surface area contributed by atoms with E-state index in [9.17, 15) is 9.90 Å². The maximum Gasteiger partial charge on any atom is 0.142 e. The molecular formula is C9H6Br2O2. The molecule has 0 radical (unpaired) electrons. The second kappa shape index (κ2) is 4.58. The number of phenols is 1. The summed E-state index contributed by atoms with van der Waals surface area (Å²) in [5.74, 6) is 0.126. The fraction of sp³-hybridized carbons (Fsp3) is 0. The summed E-state index contributed by atoms with van der Waals surface area (Å²) in [6.45, 7) is 0. The zero-order chi connectivity index (χ0) is 9.84. The van der Waals surface area contributed by atoms with Gasteiger partial charge in [-0.05, 0) is 40.2 Å². The standard InChI is InChI=1S/C9H6Br2O2/c10-7-4-6(2-1-3-12)9(13)8(11)5-7/h1-5,13H. The highest BCUT2D eigenvalue weighted by Gasteiger charge is 2.03. The van der Waals surface area contributed by atoms with Crippen LogP contribution < -0.4 is 0 Å². The molecule has 1 aromatic carbocycles. The first-order chi connectivity index (χ1) is 6.15. The molecule has 1 aromatic rings. The molecule has 0 heterocycles. The number of rotatable bonds is 2. The van der Waals surface area contributed by atoms with Crippen molar-refractivity contribution >= 4 is 44.2 Å². The number of phenolic OH excluding ortho intramolecular Hbond substituents is 1. The van der Waals surface area contributed by atoms with Gasteiger partial charge in [-0.2, -0.15) is 0 Å². The van der Waals surface area contributed by atoms with E-state index in [1.807, 2.05) is 0 Å². The quantitative estimate of drug-likeness (QED) is 0.673. The van der Waals surface area contributed by atoms with Crippen LogP contribution in [0.3, 0.4) is 0 Å². The van der Waals surface area contributed by atoms with Crippen LogP contribution in [0.2, 0.25) is 0 Å². The van der Waals surface area contributed by atoms with Gasteiger partial charge in [0.05, 0.1) is 4.47 Å². The van der Waals surface area contributed by atoms with Crippen LogP contribution in [0.15, 0.2) is 27.2 Å². The molecular weight excluding hydrogens is 300 g/mol. The summed E-state index contributed by atoms with van der Waals surface area (Å²) < 4.78 is 1.43. The number of aromatic hydroxyl groups is 1. The zero-order valence-electron chi connectivity index (χ0n) is 6.50. The second-order valence-electron chi connectivity index (χ2n) is 2.32. The molecule has 0 spiro atoms. The minimum Gasteiger partial charge on any atom is -0.506 e. The van der Waals surface area contributed by atoms with Crippen LogP contribution in [0.25, 0.3) is 6.08 Å². The summed E-state index contributed by atoms with van der Waals surface area (Å²) >= 11 is 6.46. The average molecular weight is 306 g/mol. The van der Waals surface area contributed by atoms with Gasteiger partial charge in [0.2, 0.25) is 0 Å². The van der Waals surface area contributed by atoms with Gasteiger partial charge < -0.3 is 5.11 Å². The highest BCUT2D eigenvalue weighted by atomic mass is 79.9. The smallest absolute Gasteiger partial charge is 0.142 e. The molecule has 1 N–H and O–H groups in total. The van der Waals surface area contributed by atoms with Gasteiger partial charge in [0.1, 0.15) is 12.0 Å². The number of hydrogen-bond acceptors (Lipinski definition) is 2. The Labute approximate surface area is 92.5 Å². The van der Waals surface area contributed by atoms with E-state index in [2.05, 4.69) is 31.9 Å².